The number of nitrogens with one attached hydrogen (secondary N) is 1. The number of hydrogen-bond acceptors (Lipinski definition) is 5. The van der Waals surface area contributed by atoms with E-state index in [0.717, 1.165) is 21.8 Å². The lowest BCUT2D eigenvalue weighted by Gasteiger charge is -2.06. The number of thiophene rings is 1. The van der Waals surface area contributed by atoms with Crippen molar-refractivity contribution in [3.8, 4) is 11.3 Å². The fraction of sp³-hybridized carbons (Fsp3) is 0.0667. The summed E-state index contributed by atoms with van der Waals surface area (Å²) >= 11 is 2.98. The predicted octanol–water partition coefficient (Wildman–Crippen LogP) is 3.64. The van der Waals surface area contributed by atoms with Crippen molar-refractivity contribution in [2.45, 2.75) is 6.42 Å². The van der Waals surface area contributed by atoms with Gasteiger partial charge in [0.25, 0.3) is 0 Å². The van der Waals surface area contributed by atoms with Crippen molar-refractivity contribution in [3.63, 3.8) is 0 Å². The molecule has 0 bridgehead atoms. The van der Waals surface area contributed by atoms with E-state index in [4.69, 9.17) is 5.73 Å². The number of rotatable bonds is 4. The molecule has 0 aliphatic heterocycles. The van der Waals surface area contributed by atoms with E-state index < -0.39 is 0 Å². The van der Waals surface area contributed by atoms with Crippen LogP contribution < -0.4 is 11.1 Å². The second-order valence-corrected chi connectivity index (χ2v) is 6.38. The topological polar surface area (TPSA) is 68.0 Å². The molecule has 0 spiro atoms. The molecule has 0 aliphatic carbocycles. The summed E-state index contributed by atoms with van der Waals surface area (Å²) in [6.07, 6.45) is 0.394. The maximum absolute atomic E-state index is 12.0. The third-order valence-electron chi connectivity index (χ3n) is 2.88. The lowest BCUT2D eigenvalue weighted by molar-refractivity contribution is -0.115. The van der Waals surface area contributed by atoms with E-state index in [0.29, 0.717) is 11.6 Å². The molecule has 0 aliphatic rings. The van der Waals surface area contributed by atoms with Crippen molar-refractivity contribution in [3.05, 3.63) is 52.0 Å². The maximum Gasteiger partial charge on any atom is 0.229 e. The molecule has 3 aromatic rings. The lowest BCUT2D eigenvalue weighted by atomic mass is 10.1. The third kappa shape index (κ3) is 3.48. The van der Waals surface area contributed by atoms with Crippen LogP contribution in [0.15, 0.2) is 47.2 Å². The maximum atomic E-state index is 12.0. The van der Waals surface area contributed by atoms with E-state index >= 15 is 0 Å². The highest BCUT2D eigenvalue weighted by Crippen LogP contribution is 2.25. The van der Waals surface area contributed by atoms with Gasteiger partial charge in [-0.1, -0.05) is 18.2 Å². The molecular weight excluding hydrogens is 302 g/mol. The summed E-state index contributed by atoms with van der Waals surface area (Å²) in [6.45, 7) is 0. The molecule has 1 amide bonds. The van der Waals surface area contributed by atoms with Crippen LogP contribution in [-0.4, -0.2) is 10.9 Å². The first-order chi connectivity index (χ1) is 10.2. The van der Waals surface area contributed by atoms with E-state index in [1.54, 1.807) is 11.3 Å². The molecule has 0 fully saturated rings. The highest BCUT2D eigenvalue weighted by molar-refractivity contribution is 7.13. The van der Waals surface area contributed by atoms with Crippen LogP contribution in [0.1, 0.15) is 4.88 Å². The number of anilines is 2. The molecular formula is C15H13N3OS2. The van der Waals surface area contributed by atoms with Gasteiger partial charge in [0.05, 0.1) is 12.1 Å². The van der Waals surface area contributed by atoms with Gasteiger partial charge in [-0.15, -0.1) is 22.7 Å². The Balaban J connectivity index is 1.72. The summed E-state index contributed by atoms with van der Waals surface area (Å²) in [5.74, 6) is -0.0209. The van der Waals surface area contributed by atoms with E-state index in [2.05, 4.69) is 10.3 Å². The fourth-order valence-corrected chi connectivity index (χ4v) is 3.23. The molecule has 0 saturated heterocycles. The van der Waals surface area contributed by atoms with Gasteiger partial charge >= 0.3 is 0 Å². The number of amides is 1. The van der Waals surface area contributed by atoms with Crippen LogP contribution in [-0.2, 0) is 11.2 Å². The minimum absolute atomic E-state index is 0.0209. The number of nitrogens with two attached hydrogens (primary N) is 1. The molecule has 2 aromatic heterocycles. The number of carbonyl (C=O) groups excluding carboxylic acids is 1. The van der Waals surface area contributed by atoms with Gasteiger partial charge in [0.15, 0.2) is 5.13 Å². The quantitative estimate of drug-likeness (QED) is 0.772. The summed E-state index contributed by atoms with van der Waals surface area (Å²) in [4.78, 5) is 17.3. The average Bonchev–Trinajstić information content (AvgIpc) is 3.10. The largest absolute Gasteiger partial charge is 0.375 e. The van der Waals surface area contributed by atoms with Crippen molar-refractivity contribution < 1.29 is 4.79 Å². The zero-order valence-corrected chi connectivity index (χ0v) is 12.7. The smallest absolute Gasteiger partial charge is 0.229 e. The van der Waals surface area contributed by atoms with Gasteiger partial charge in [0.1, 0.15) is 0 Å². The number of nitrogens with zero attached hydrogens (tertiary/aromatic N) is 1. The van der Waals surface area contributed by atoms with Crippen molar-refractivity contribution in [2.75, 3.05) is 11.1 Å². The highest BCUT2D eigenvalue weighted by atomic mass is 32.1. The minimum atomic E-state index is -0.0209. The molecule has 6 heteroatoms. The van der Waals surface area contributed by atoms with Gasteiger partial charge in [-0.2, -0.15) is 0 Å². The van der Waals surface area contributed by atoms with Gasteiger partial charge in [0.2, 0.25) is 5.91 Å². The monoisotopic (exact) mass is 315 g/mol. The Labute approximate surface area is 130 Å². The molecule has 4 nitrogen and oxygen atoms in total. The Hall–Kier alpha value is -2.18. The molecule has 0 saturated carbocycles. The average molecular weight is 315 g/mol. The van der Waals surface area contributed by atoms with E-state index in [1.807, 2.05) is 47.2 Å². The van der Waals surface area contributed by atoms with Crippen molar-refractivity contribution in [2.24, 2.45) is 0 Å². The van der Waals surface area contributed by atoms with Crippen LogP contribution in [0.2, 0.25) is 0 Å². The van der Waals surface area contributed by atoms with Crippen molar-refractivity contribution >= 4 is 39.4 Å². The van der Waals surface area contributed by atoms with Gasteiger partial charge in [-0.05, 0) is 23.6 Å². The Morgan fingerprint density at radius 2 is 2.14 bits per heavy atom. The third-order valence-corrected chi connectivity index (χ3v) is 4.43. The van der Waals surface area contributed by atoms with E-state index in [1.165, 1.54) is 11.3 Å². The standard InChI is InChI=1S/C15H13N3OS2/c16-15-18-13(9-21-15)10-3-1-4-11(7-10)17-14(19)8-12-5-2-6-20-12/h1-7,9H,8H2,(H2,16,18)(H,17,19). The number of carbonyl (C=O) groups is 1. The molecule has 2 heterocycles. The van der Waals surface area contributed by atoms with Crippen LogP contribution in [0.4, 0.5) is 10.8 Å². The first-order valence-corrected chi connectivity index (χ1v) is 8.10. The number of aromatic nitrogens is 1. The summed E-state index contributed by atoms with van der Waals surface area (Å²) in [5, 5.41) is 7.32. The number of hydrogen-bond donors (Lipinski definition) is 2. The van der Waals surface area contributed by atoms with E-state index in [-0.39, 0.29) is 5.91 Å². The molecule has 21 heavy (non-hydrogen) atoms. The zero-order chi connectivity index (χ0) is 14.7. The number of nitrogen functional groups attached to an aromatic ring is 1. The normalized spacial score (nSPS) is 10.5. The first-order valence-electron chi connectivity index (χ1n) is 6.34. The summed E-state index contributed by atoms with van der Waals surface area (Å²) in [5.41, 5.74) is 8.18. The van der Waals surface area contributed by atoms with Crippen LogP contribution in [0, 0.1) is 0 Å². The first kappa shape index (κ1) is 13.8. The second-order valence-electron chi connectivity index (χ2n) is 4.46. The molecule has 3 rings (SSSR count). The molecule has 1 aromatic carbocycles. The van der Waals surface area contributed by atoms with Crippen molar-refractivity contribution in [1.29, 1.82) is 0 Å². The van der Waals surface area contributed by atoms with Gasteiger partial charge in [-0.25, -0.2) is 4.98 Å². The summed E-state index contributed by atoms with van der Waals surface area (Å²) < 4.78 is 0. The van der Waals surface area contributed by atoms with Gasteiger partial charge in [-0.3, -0.25) is 4.79 Å². The summed E-state index contributed by atoms with van der Waals surface area (Å²) in [7, 11) is 0. The van der Waals surface area contributed by atoms with Crippen LogP contribution in [0.25, 0.3) is 11.3 Å². The summed E-state index contributed by atoms with van der Waals surface area (Å²) in [6, 6.07) is 11.5. The lowest BCUT2D eigenvalue weighted by Crippen LogP contribution is -2.13. The number of thiazole rings is 1. The van der Waals surface area contributed by atoms with Gasteiger partial charge < -0.3 is 11.1 Å². The molecule has 106 valence electrons. The number of benzene rings is 1. The second kappa shape index (κ2) is 6.07. The SMILES string of the molecule is Nc1nc(-c2cccc(NC(=O)Cc3cccs3)c2)cs1. The Morgan fingerprint density at radius 1 is 1.24 bits per heavy atom. The Bertz CT molecular complexity index is 750. The predicted molar refractivity (Wildman–Crippen MR) is 88.6 cm³/mol. The van der Waals surface area contributed by atoms with E-state index in [9.17, 15) is 4.79 Å². The highest BCUT2D eigenvalue weighted by Gasteiger charge is 2.07. The molecule has 0 radical (unpaired) electrons. The Kier molecular flexibility index (Phi) is 3.98. The Morgan fingerprint density at radius 3 is 2.86 bits per heavy atom. The van der Waals surface area contributed by atoms with Crippen molar-refractivity contribution in [1.82, 2.24) is 4.98 Å². The minimum Gasteiger partial charge on any atom is -0.375 e. The molecule has 3 N–H and O–H groups in total. The molecule has 0 unspecified atom stereocenters. The van der Waals surface area contributed by atoms with Crippen LogP contribution in [0.5, 0.6) is 0 Å². The van der Waals surface area contributed by atoms with Crippen LogP contribution in [0.3, 0.4) is 0 Å². The van der Waals surface area contributed by atoms with Crippen LogP contribution >= 0.6 is 22.7 Å². The zero-order valence-electron chi connectivity index (χ0n) is 11.1. The molecule has 0 atom stereocenters. The van der Waals surface area contributed by atoms with Gasteiger partial charge in [0, 0.05) is 21.5 Å². The fourth-order valence-electron chi connectivity index (χ4n) is 1.95.